The molecule has 0 fully saturated rings. The van der Waals surface area contributed by atoms with Gasteiger partial charge >= 0.3 is 0 Å². The summed E-state index contributed by atoms with van der Waals surface area (Å²) in [7, 11) is 0. The molecule has 0 spiro atoms. The molecule has 0 aliphatic rings. The number of nitrogens with zero attached hydrogens (tertiary/aromatic N) is 2. The number of nitrogen functional groups attached to an aromatic ring is 1. The summed E-state index contributed by atoms with van der Waals surface area (Å²) in [6.07, 6.45) is 1.66. The van der Waals surface area contributed by atoms with Crippen molar-refractivity contribution in [1.82, 2.24) is 9.97 Å². The lowest BCUT2D eigenvalue weighted by Crippen LogP contribution is -2.00. The fourth-order valence-electron chi connectivity index (χ4n) is 2.93. The molecule has 0 bridgehead atoms. The summed E-state index contributed by atoms with van der Waals surface area (Å²) in [4.78, 5) is 8.38. The summed E-state index contributed by atoms with van der Waals surface area (Å²) in [5.41, 5.74) is 10.8. The van der Waals surface area contributed by atoms with Gasteiger partial charge in [0.2, 0.25) is 5.95 Å². The molecule has 27 heavy (non-hydrogen) atoms. The minimum atomic E-state index is 0.242. The number of benzene rings is 3. The van der Waals surface area contributed by atoms with Gasteiger partial charge in [0.15, 0.2) is 0 Å². The van der Waals surface area contributed by atoms with Gasteiger partial charge in [-0.1, -0.05) is 66.7 Å². The molecule has 0 aliphatic carbocycles. The van der Waals surface area contributed by atoms with Gasteiger partial charge in [0, 0.05) is 11.8 Å². The van der Waals surface area contributed by atoms with Gasteiger partial charge in [-0.15, -0.1) is 0 Å². The van der Waals surface area contributed by atoms with E-state index in [2.05, 4.69) is 34.2 Å². The van der Waals surface area contributed by atoms with Crippen molar-refractivity contribution < 1.29 is 4.74 Å². The highest BCUT2D eigenvalue weighted by molar-refractivity contribution is 5.76. The van der Waals surface area contributed by atoms with Crippen molar-refractivity contribution in [2.45, 2.75) is 6.61 Å². The Morgan fingerprint density at radius 3 is 2.26 bits per heavy atom. The van der Waals surface area contributed by atoms with Gasteiger partial charge in [-0.05, 0) is 34.9 Å². The number of hydrogen-bond acceptors (Lipinski definition) is 4. The van der Waals surface area contributed by atoms with Crippen LogP contribution in [-0.2, 0) is 6.61 Å². The van der Waals surface area contributed by atoms with Crippen LogP contribution in [0.15, 0.2) is 91.1 Å². The van der Waals surface area contributed by atoms with E-state index in [1.54, 1.807) is 6.20 Å². The maximum atomic E-state index is 6.11. The van der Waals surface area contributed by atoms with E-state index < -0.39 is 0 Å². The number of aromatic nitrogens is 2. The molecule has 0 saturated carbocycles. The van der Waals surface area contributed by atoms with Gasteiger partial charge in [-0.3, -0.25) is 0 Å². The van der Waals surface area contributed by atoms with Crippen LogP contribution < -0.4 is 10.5 Å². The lowest BCUT2D eigenvalue weighted by Gasteiger charge is -2.13. The van der Waals surface area contributed by atoms with Crippen molar-refractivity contribution >= 4 is 5.95 Å². The topological polar surface area (TPSA) is 61.0 Å². The molecule has 0 unspecified atom stereocenters. The van der Waals surface area contributed by atoms with Gasteiger partial charge < -0.3 is 10.5 Å². The Labute approximate surface area is 158 Å². The third-order valence-corrected chi connectivity index (χ3v) is 4.27. The SMILES string of the molecule is Nc1nccc(-c2cc(-c3ccccc3)ccc2OCc2ccccc2)n1. The first kappa shape index (κ1) is 16.8. The Morgan fingerprint density at radius 2 is 1.52 bits per heavy atom. The molecule has 4 nitrogen and oxygen atoms in total. The van der Waals surface area contributed by atoms with Gasteiger partial charge in [-0.25, -0.2) is 9.97 Å². The molecule has 4 heteroatoms. The second kappa shape index (κ2) is 7.70. The summed E-state index contributed by atoms with van der Waals surface area (Å²) in [5, 5.41) is 0. The van der Waals surface area contributed by atoms with Crippen molar-refractivity contribution in [2.75, 3.05) is 5.73 Å². The van der Waals surface area contributed by atoms with E-state index in [0.29, 0.717) is 6.61 Å². The number of rotatable bonds is 5. The average Bonchev–Trinajstić information content (AvgIpc) is 2.73. The Kier molecular flexibility index (Phi) is 4.79. The Morgan fingerprint density at radius 1 is 0.778 bits per heavy atom. The predicted molar refractivity (Wildman–Crippen MR) is 108 cm³/mol. The number of anilines is 1. The first-order chi connectivity index (χ1) is 13.3. The van der Waals surface area contributed by atoms with E-state index >= 15 is 0 Å². The quantitative estimate of drug-likeness (QED) is 0.550. The molecule has 0 saturated heterocycles. The highest BCUT2D eigenvalue weighted by Gasteiger charge is 2.11. The standard InChI is InChI=1S/C23H19N3O/c24-23-25-14-13-21(26-23)20-15-19(18-9-5-2-6-10-18)11-12-22(20)27-16-17-7-3-1-4-8-17/h1-15H,16H2,(H2,24,25,26). The maximum absolute atomic E-state index is 6.11. The molecule has 4 rings (SSSR count). The van der Waals surface area contributed by atoms with Crippen LogP contribution in [0.3, 0.4) is 0 Å². The molecule has 132 valence electrons. The van der Waals surface area contributed by atoms with Crippen LogP contribution in [-0.4, -0.2) is 9.97 Å². The van der Waals surface area contributed by atoms with Crippen LogP contribution in [0.4, 0.5) is 5.95 Å². The van der Waals surface area contributed by atoms with Gasteiger partial charge in [0.05, 0.1) is 5.69 Å². The summed E-state index contributed by atoms with van der Waals surface area (Å²) in [5.74, 6) is 1.00. The van der Waals surface area contributed by atoms with Gasteiger partial charge in [0.25, 0.3) is 0 Å². The molecular formula is C23H19N3O. The van der Waals surface area contributed by atoms with Crippen LogP contribution in [0.2, 0.25) is 0 Å². The highest BCUT2D eigenvalue weighted by Crippen LogP contribution is 2.34. The Bertz CT molecular complexity index is 1030. The normalized spacial score (nSPS) is 10.5. The van der Waals surface area contributed by atoms with Gasteiger partial charge in [-0.2, -0.15) is 0 Å². The fourth-order valence-corrected chi connectivity index (χ4v) is 2.93. The summed E-state index contributed by atoms with van der Waals surface area (Å²) in [6.45, 7) is 0.485. The maximum Gasteiger partial charge on any atom is 0.220 e. The molecule has 3 aromatic carbocycles. The molecular weight excluding hydrogens is 334 g/mol. The second-order valence-electron chi connectivity index (χ2n) is 6.15. The third kappa shape index (κ3) is 3.96. The highest BCUT2D eigenvalue weighted by atomic mass is 16.5. The minimum Gasteiger partial charge on any atom is -0.488 e. The number of hydrogen-bond donors (Lipinski definition) is 1. The molecule has 4 aromatic rings. The Balaban J connectivity index is 1.73. The molecule has 0 atom stereocenters. The van der Waals surface area contributed by atoms with E-state index in [-0.39, 0.29) is 5.95 Å². The zero-order valence-corrected chi connectivity index (χ0v) is 14.7. The largest absolute Gasteiger partial charge is 0.488 e. The van der Waals surface area contributed by atoms with Crippen molar-refractivity contribution in [3.8, 4) is 28.1 Å². The molecule has 0 aliphatic heterocycles. The fraction of sp³-hybridized carbons (Fsp3) is 0.0435. The van der Waals surface area contributed by atoms with E-state index in [1.165, 1.54) is 0 Å². The lowest BCUT2D eigenvalue weighted by atomic mass is 10.0. The van der Waals surface area contributed by atoms with E-state index in [0.717, 1.165) is 33.7 Å². The zero-order valence-electron chi connectivity index (χ0n) is 14.7. The minimum absolute atomic E-state index is 0.242. The molecule has 1 aromatic heterocycles. The molecule has 0 amide bonds. The van der Waals surface area contributed by atoms with Crippen molar-refractivity contribution in [3.63, 3.8) is 0 Å². The van der Waals surface area contributed by atoms with E-state index in [4.69, 9.17) is 10.5 Å². The molecule has 0 radical (unpaired) electrons. The Hall–Kier alpha value is -3.66. The zero-order chi connectivity index (χ0) is 18.5. The van der Waals surface area contributed by atoms with E-state index in [9.17, 15) is 0 Å². The lowest BCUT2D eigenvalue weighted by molar-refractivity contribution is 0.307. The number of nitrogens with two attached hydrogens (primary N) is 1. The summed E-state index contributed by atoms with van der Waals surface area (Å²) < 4.78 is 6.11. The van der Waals surface area contributed by atoms with Gasteiger partial charge in [0.1, 0.15) is 12.4 Å². The van der Waals surface area contributed by atoms with Crippen LogP contribution in [0.25, 0.3) is 22.4 Å². The monoisotopic (exact) mass is 353 g/mol. The first-order valence-corrected chi connectivity index (χ1v) is 8.75. The smallest absolute Gasteiger partial charge is 0.220 e. The molecule has 2 N–H and O–H groups in total. The van der Waals surface area contributed by atoms with Crippen LogP contribution in [0, 0.1) is 0 Å². The third-order valence-electron chi connectivity index (χ3n) is 4.27. The summed E-state index contributed by atoms with van der Waals surface area (Å²) in [6, 6.07) is 28.3. The predicted octanol–water partition coefficient (Wildman–Crippen LogP) is 4.97. The van der Waals surface area contributed by atoms with Crippen molar-refractivity contribution in [2.24, 2.45) is 0 Å². The number of ether oxygens (including phenoxy) is 1. The van der Waals surface area contributed by atoms with Crippen LogP contribution in [0.1, 0.15) is 5.56 Å². The van der Waals surface area contributed by atoms with E-state index in [1.807, 2.05) is 60.7 Å². The second-order valence-corrected chi connectivity index (χ2v) is 6.15. The summed E-state index contributed by atoms with van der Waals surface area (Å²) >= 11 is 0. The van der Waals surface area contributed by atoms with Crippen molar-refractivity contribution in [3.05, 3.63) is 96.7 Å². The van der Waals surface area contributed by atoms with Crippen molar-refractivity contribution in [1.29, 1.82) is 0 Å². The van der Waals surface area contributed by atoms with Crippen LogP contribution in [0.5, 0.6) is 5.75 Å². The van der Waals surface area contributed by atoms with Crippen LogP contribution >= 0.6 is 0 Å². The first-order valence-electron chi connectivity index (χ1n) is 8.75. The molecule has 1 heterocycles. The average molecular weight is 353 g/mol.